The molecule has 0 atom stereocenters. The average molecular weight is 333 g/mol. The number of nitrogens with zero attached hydrogens (tertiary/aromatic N) is 1. The quantitative estimate of drug-likeness (QED) is 0.928. The van der Waals surface area contributed by atoms with Gasteiger partial charge in [0.05, 0.1) is 10.7 Å². The maximum absolute atomic E-state index is 13.0. The predicted octanol–water partition coefficient (Wildman–Crippen LogP) is 3.86. The molecule has 0 unspecified atom stereocenters. The molecule has 3 rings (SSSR count). The van der Waals surface area contributed by atoms with Crippen LogP contribution in [0.1, 0.15) is 23.2 Å². The highest BCUT2D eigenvalue weighted by Gasteiger charge is 2.22. The van der Waals surface area contributed by atoms with Crippen LogP contribution in [0.5, 0.6) is 0 Å². The van der Waals surface area contributed by atoms with Gasteiger partial charge in [-0.05, 0) is 42.8 Å². The second kappa shape index (κ2) is 6.38. The van der Waals surface area contributed by atoms with E-state index in [-0.39, 0.29) is 16.8 Å². The Bertz CT molecular complexity index is 779. The molecule has 1 N–H and O–H groups in total. The van der Waals surface area contributed by atoms with Crippen LogP contribution in [0.25, 0.3) is 0 Å². The van der Waals surface area contributed by atoms with Crippen molar-refractivity contribution in [3.8, 4) is 0 Å². The van der Waals surface area contributed by atoms with Gasteiger partial charge in [-0.25, -0.2) is 4.39 Å². The minimum absolute atomic E-state index is 0.0594. The molecule has 2 aromatic rings. The number of rotatable bonds is 3. The van der Waals surface area contributed by atoms with E-state index in [0.717, 1.165) is 12.5 Å². The summed E-state index contributed by atoms with van der Waals surface area (Å²) >= 11 is 5.91. The van der Waals surface area contributed by atoms with Crippen molar-refractivity contribution in [1.29, 1.82) is 0 Å². The predicted molar refractivity (Wildman–Crippen MR) is 87.4 cm³/mol. The summed E-state index contributed by atoms with van der Waals surface area (Å²) in [6.45, 7) is 0.660. The summed E-state index contributed by atoms with van der Waals surface area (Å²) in [7, 11) is 0. The van der Waals surface area contributed by atoms with Crippen LogP contribution in [-0.4, -0.2) is 18.4 Å². The lowest BCUT2D eigenvalue weighted by Gasteiger charge is -2.16. The van der Waals surface area contributed by atoms with Gasteiger partial charge in [-0.2, -0.15) is 0 Å². The van der Waals surface area contributed by atoms with Crippen LogP contribution in [0.15, 0.2) is 42.5 Å². The molecule has 1 aliphatic heterocycles. The number of carbonyl (C=O) groups is 2. The van der Waals surface area contributed by atoms with Gasteiger partial charge in [0.15, 0.2) is 0 Å². The van der Waals surface area contributed by atoms with Gasteiger partial charge in [0.2, 0.25) is 5.91 Å². The van der Waals surface area contributed by atoms with Gasteiger partial charge >= 0.3 is 0 Å². The molecular formula is C17H14ClFN2O2. The van der Waals surface area contributed by atoms with Crippen LogP contribution in [0.3, 0.4) is 0 Å². The van der Waals surface area contributed by atoms with E-state index in [1.54, 1.807) is 29.2 Å². The molecule has 6 heteroatoms. The van der Waals surface area contributed by atoms with Gasteiger partial charge in [0, 0.05) is 24.2 Å². The zero-order valence-electron chi connectivity index (χ0n) is 12.2. The van der Waals surface area contributed by atoms with Crippen molar-refractivity contribution in [1.82, 2.24) is 0 Å². The Labute approximate surface area is 137 Å². The molecule has 1 aliphatic rings. The highest BCUT2D eigenvalue weighted by molar-refractivity contribution is 6.33. The molecule has 0 saturated carbocycles. The van der Waals surface area contributed by atoms with E-state index >= 15 is 0 Å². The third-order valence-electron chi connectivity index (χ3n) is 3.67. The van der Waals surface area contributed by atoms with Crippen LogP contribution >= 0.6 is 11.6 Å². The standard InChI is InChI=1S/C17H14ClFN2O2/c18-14-10-12(19)6-7-15(14)20-17(23)11-3-1-4-13(9-11)21-8-2-5-16(21)22/h1,3-4,6-7,9-10H,2,5,8H2,(H,20,23). The van der Waals surface area contributed by atoms with Crippen molar-refractivity contribution in [2.24, 2.45) is 0 Å². The smallest absolute Gasteiger partial charge is 0.255 e. The van der Waals surface area contributed by atoms with Crippen molar-refractivity contribution < 1.29 is 14.0 Å². The normalized spacial score (nSPS) is 14.2. The largest absolute Gasteiger partial charge is 0.321 e. The lowest BCUT2D eigenvalue weighted by molar-refractivity contribution is -0.117. The molecule has 0 bridgehead atoms. The second-order valence-corrected chi connectivity index (χ2v) is 5.68. The SMILES string of the molecule is O=C(Nc1ccc(F)cc1Cl)c1cccc(N2CCCC2=O)c1. The van der Waals surface area contributed by atoms with Gasteiger partial charge in [-0.3, -0.25) is 9.59 Å². The summed E-state index contributed by atoms with van der Waals surface area (Å²) < 4.78 is 13.0. The molecule has 1 heterocycles. The van der Waals surface area contributed by atoms with E-state index in [1.165, 1.54) is 12.1 Å². The first-order valence-electron chi connectivity index (χ1n) is 7.21. The van der Waals surface area contributed by atoms with E-state index in [0.29, 0.717) is 29.9 Å². The Morgan fingerprint density at radius 3 is 2.74 bits per heavy atom. The van der Waals surface area contributed by atoms with Crippen LogP contribution in [0.4, 0.5) is 15.8 Å². The molecule has 0 spiro atoms. The molecule has 1 saturated heterocycles. The van der Waals surface area contributed by atoms with Crippen molar-refractivity contribution in [2.45, 2.75) is 12.8 Å². The fourth-order valence-electron chi connectivity index (χ4n) is 2.52. The summed E-state index contributed by atoms with van der Waals surface area (Å²) in [6, 6.07) is 10.6. The molecule has 1 fully saturated rings. The second-order valence-electron chi connectivity index (χ2n) is 5.28. The van der Waals surface area contributed by atoms with Crippen molar-refractivity contribution in [2.75, 3.05) is 16.8 Å². The highest BCUT2D eigenvalue weighted by atomic mass is 35.5. The highest BCUT2D eigenvalue weighted by Crippen LogP contribution is 2.25. The Morgan fingerprint density at radius 2 is 2.04 bits per heavy atom. The minimum atomic E-state index is -0.470. The molecule has 2 aromatic carbocycles. The number of halogens is 2. The first-order valence-corrected chi connectivity index (χ1v) is 7.59. The van der Waals surface area contributed by atoms with Crippen LogP contribution in [0, 0.1) is 5.82 Å². The van der Waals surface area contributed by atoms with Crippen molar-refractivity contribution >= 4 is 34.8 Å². The Balaban J connectivity index is 1.81. The monoisotopic (exact) mass is 332 g/mol. The van der Waals surface area contributed by atoms with E-state index in [9.17, 15) is 14.0 Å². The summed E-state index contributed by atoms with van der Waals surface area (Å²) in [5.41, 5.74) is 1.44. The number of benzene rings is 2. The third-order valence-corrected chi connectivity index (χ3v) is 3.99. The fourth-order valence-corrected chi connectivity index (χ4v) is 2.74. The van der Waals surface area contributed by atoms with Crippen molar-refractivity contribution in [3.05, 3.63) is 58.9 Å². The average Bonchev–Trinajstić information content (AvgIpc) is 2.96. The fraction of sp³-hybridized carbons (Fsp3) is 0.176. The first-order chi connectivity index (χ1) is 11.0. The number of amides is 2. The molecular weight excluding hydrogens is 319 g/mol. The van der Waals surface area contributed by atoms with E-state index in [4.69, 9.17) is 11.6 Å². The lowest BCUT2D eigenvalue weighted by atomic mass is 10.1. The van der Waals surface area contributed by atoms with E-state index in [2.05, 4.69) is 5.32 Å². The number of hydrogen-bond acceptors (Lipinski definition) is 2. The third kappa shape index (κ3) is 3.35. The Morgan fingerprint density at radius 1 is 1.22 bits per heavy atom. The zero-order valence-corrected chi connectivity index (χ0v) is 12.9. The van der Waals surface area contributed by atoms with Gasteiger partial charge in [-0.1, -0.05) is 17.7 Å². The Hall–Kier alpha value is -2.40. The zero-order chi connectivity index (χ0) is 16.4. The van der Waals surface area contributed by atoms with Gasteiger partial charge < -0.3 is 10.2 Å². The molecule has 0 aliphatic carbocycles. The number of hydrogen-bond donors (Lipinski definition) is 1. The van der Waals surface area contributed by atoms with Crippen molar-refractivity contribution in [3.63, 3.8) is 0 Å². The summed E-state index contributed by atoms with van der Waals surface area (Å²) in [5.74, 6) is -0.779. The van der Waals surface area contributed by atoms with Gasteiger partial charge in [-0.15, -0.1) is 0 Å². The molecule has 0 aromatic heterocycles. The summed E-state index contributed by atoms with van der Waals surface area (Å²) in [4.78, 5) is 25.8. The maximum Gasteiger partial charge on any atom is 0.255 e. The van der Waals surface area contributed by atoms with Crippen LogP contribution < -0.4 is 10.2 Å². The summed E-state index contributed by atoms with van der Waals surface area (Å²) in [5, 5.41) is 2.77. The lowest BCUT2D eigenvalue weighted by Crippen LogP contribution is -2.24. The van der Waals surface area contributed by atoms with Crippen LogP contribution in [0.2, 0.25) is 5.02 Å². The molecule has 23 heavy (non-hydrogen) atoms. The maximum atomic E-state index is 13.0. The van der Waals surface area contributed by atoms with Gasteiger partial charge in [0.25, 0.3) is 5.91 Å². The van der Waals surface area contributed by atoms with Gasteiger partial charge in [0.1, 0.15) is 5.82 Å². The number of anilines is 2. The molecule has 2 amide bonds. The molecule has 118 valence electrons. The van der Waals surface area contributed by atoms with E-state index < -0.39 is 5.82 Å². The molecule has 0 radical (unpaired) electrons. The van der Waals surface area contributed by atoms with E-state index in [1.807, 2.05) is 0 Å². The topological polar surface area (TPSA) is 49.4 Å². The van der Waals surface area contributed by atoms with Crippen LogP contribution in [-0.2, 0) is 4.79 Å². The minimum Gasteiger partial charge on any atom is -0.321 e. The molecule has 4 nitrogen and oxygen atoms in total. The number of nitrogens with one attached hydrogen (secondary N) is 1. The Kier molecular flexibility index (Phi) is 4.30. The number of carbonyl (C=O) groups excluding carboxylic acids is 2. The summed E-state index contributed by atoms with van der Waals surface area (Å²) in [6.07, 6.45) is 1.35. The first kappa shape index (κ1) is 15.5.